The topological polar surface area (TPSA) is 63.4 Å². The number of pyridine rings is 1. The molecule has 0 bridgehead atoms. The number of rotatable bonds is 2. The number of fused-ring (bicyclic) bond motifs is 2. The maximum Gasteiger partial charge on any atom is 0.255 e. The summed E-state index contributed by atoms with van der Waals surface area (Å²) >= 11 is 0. The maximum atomic E-state index is 12.9. The minimum atomic E-state index is 0.0432. The van der Waals surface area contributed by atoms with Crippen molar-refractivity contribution in [3.63, 3.8) is 0 Å². The molecular formula is C20H17N5O. The molecular weight excluding hydrogens is 326 g/mol. The van der Waals surface area contributed by atoms with Crippen molar-refractivity contribution in [2.45, 2.75) is 12.3 Å². The van der Waals surface area contributed by atoms with Crippen LogP contribution in [0.25, 0.3) is 16.7 Å². The number of hydrogen-bond acceptors (Lipinski definition) is 4. The summed E-state index contributed by atoms with van der Waals surface area (Å²) in [7, 11) is 0. The van der Waals surface area contributed by atoms with Crippen LogP contribution in [0.15, 0.2) is 61.2 Å². The molecule has 0 N–H and O–H groups in total. The first-order valence-electron chi connectivity index (χ1n) is 8.71. The molecule has 0 radical (unpaired) electrons. The molecule has 6 heteroatoms. The zero-order valence-electron chi connectivity index (χ0n) is 14.1. The molecule has 5 rings (SSSR count). The summed E-state index contributed by atoms with van der Waals surface area (Å²) in [6.45, 7) is 1.44. The molecule has 4 aromatic rings. The van der Waals surface area contributed by atoms with E-state index in [1.165, 1.54) is 0 Å². The molecule has 1 amide bonds. The zero-order valence-corrected chi connectivity index (χ0v) is 14.1. The van der Waals surface area contributed by atoms with Crippen molar-refractivity contribution in [2.75, 3.05) is 13.1 Å². The van der Waals surface area contributed by atoms with E-state index in [1.807, 2.05) is 51.9 Å². The van der Waals surface area contributed by atoms with Gasteiger partial charge in [0.25, 0.3) is 5.91 Å². The number of amides is 1. The minimum Gasteiger partial charge on any atom is -0.338 e. The Balaban J connectivity index is 1.41. The van der Waals surface area contributed by atoms with E-state index in [0.29, 0.717) is 17.9 Å². The largest absolute Gasteiger partial charge is 0.338 e. The van der Waals surface area contributed by atoms with Gasteiger partial charge in [0.15, 0.2) is 0 Å². The van der Waals surface area contributed by atoms with Crippen LogP contribution in [0.3, 0.4) is 0 Å². The fraction of sp³-hybridized carbons (Fsp3) is 0.200. The fourth-order valence-electron chi connectivity index (χ4n) is 3.74. The van der Waals surface area contributed by atoms with Crippen LogP contribution in [-0.2, 0) is 0 Å². The van der Waals surface area contributed by atoms with Crippen LogP contribution in [0.4, 0.5) is 0 Å². The molecule has 3 aromatic heterocycles. The molecule has 0 unspecified atom stereocenters. The Hall–Kier alpha value is -3.28. The first-order chi connectivity index (χ1) is 12.8. The number of nitrogens with zero attached hydrogens (tertiary/aromatic N) is 5. The Morgan fingerprint density at radius 1 is 1.08 bits per heavy atom. The summed E-state index contributed by atoms with van der Waals surface area (Å²) in [4.78, 5) is 27.8. The molecule has 6 nitrogen and oxygen atoms in total. The molecule has 1 aliphatic heterocycles. The highest BCUT2D eigenvalue weighted by Gasteiger charge is 2.29. The van der Waals surface area contributed by atoms with Gasteiger partial charge >= 0.3 is 0 Å². The monoisotopic (exact) mass is 343 g/mol. The third-order valence-corrected chi connectivity index (χ3v) is 5.07. The van der Waals surface area contributed by atoms with Crippen LogP contribution in [0.2, 0.25) is 0 Å². The van der Waals surface area contributed by atoms with Crippen molar-refractivity contribution in [2.24, 2.45) is 0 Å². The van der Waals surface area contributed by atoms with Crippen LogP contribution in [0.1, 0.15) is 28.4 Å². The molecule has 128 valence electrons. The van der Waals surface area contributed by atoms with Crippen molar-refractivity contribution < 1.29 is 4.79 Å². The zero-order chi connectivity index (χ0) is 17.5. The van der Waals surface area contributed by atoms with Gasteiger partial charge in [0.05, 0.1) is 11.1 Å². The third kappa shape index (κ3) is 2.42. The van der Waals surface area contributed by atoms with E-state index in [1.54, 1.807) is 18.6 Å². The van der Waals surface area contributed by atoms with Gasteiger partial charge < -0.3 is 4.90 Å². The predicted octanol–water partition coefficient (Wildman–Crippen LogP) is 2.91. The predicted molar refractivity (Wildman–Crippen MR) is 98.0 cm³/mol. The first-order valence-corrected chi connectivity index (χ1v) is 8.71. The molecule has 4 heterocycles. The summed E-state index contributed by atoms with van der Waals surface area (Å²) < 4.78 is 2.01. The van der Waals surface area contributed by atoms with Gasteiger partial charge in [0, 0.05) is 54.9 Å². The lowest BCUT2D eigenvalue weighted by atomic mass is 10.0. The Morgan fingerprint density at radius 2 is 1.96 bits per heavy atom. The van der Waals surface area contributed by atoms with Gasteiger partial charge in [-0.25, -0.2) is 9.97 Å². The van der Waals surface area contributed by atoms with Crippen molar-refractivity contribution in [1.29, 1.82) is 0 Å². The van der Waals surface area contributed by atoms with E-state index in [9.17, 15) is 4.79 Å². The van der Waals surface area contributed by atoms with E-state index in [2.05, 4.69) is 15.0 Å². The number of hydrogen-bond donors (Lipinski definition) is 0. The number of aromatic nitrogens is 4. The highest BCUT2D eigenvalue weighted by Crippen LogP contribution is 2.28. The quantitative estimate of drug-likeness (QED) is 0.561. The van der Waals surface area contributed by atoms with Gasteiger partial charge in [-0.2, -0.15) is 0 Å². The lowest BCUT2D eigenvalue weighted by Gasteiger charge is -2.17. The number of imidazole rings is 1. The van der Waals surface area contributed by atoms with E-state index in [4.69, 9.17) is 0 Å². The Bertz CT molecular complexity index is 1120. The number of carbonyl (C=O) groups is 1. The minimum absolute atomic E-state index is 0.0432. The van der Waals surface area contributed by atoms with E-state index in [-0.39, 0.29) is 11.8 Å². The van der Waals surface area contributed by atoms with Crippen molar-refractivity contribution in [3.05, 3.63) is 72.4 Å². The second kappa shape index (κ2) is 5.91. The van der Waals surface area contributed by atoms with Crippen LogP contribution in [-0.4, -0.2) is 43.2 Å². The molecule has 1 fully saturated rings. The van der Waals surface area contributed by atoms with Crippen molar-refractivity contribution in [1.82, 2.24) is 24.3 Å². The number of benzene rings is 1. The number of para-hydroxylation sites is 1. The average molecular weight is 343 g/mol. The van der Waals surface area contributed by atoms with Crippen LogP contribution < -0.4 is 0 Å². The van der Waals surface area contributed by atoms with Gasteiger partial charge in [0.2, 0.25) is 5.78 Å². The standard InChI is InChI=1S/C20H17N5O/c26-19(16-11-14-3-1-2-4-17(14)23-12-16)24-9-6-15(13-24)18-5-7-21-20-22-8-10-25(18)20/h1-5,7-8,10-12,15H,6,9,13H2/t15-/m0/s1. The van der Waals surface area contributed by atoms with Gasteiger partial charge in [-0.05, 0) is 24.6 Å². The van der Waals surface area contributed by atoms with E-state index >= 15 is 0 Å². The molecule has 1 aromatic carbocycles. The van der Waals surface area contributed by atoms with Crippen LogP contribution in [0, 0.1) is 0 Å². The SMILES string of the molecule is O=C(c1cnc2ccccc2c1)N1CC[C@H](c2ccnc3nccn23)C1. The van der Waals surface area contributed by atoms with Gasteiger partial charge in [-0.3, -0.25) is 14.2 Å². The van der Waals surface area contributed by atoms with Crippen LogP contribution in [0.5, 0.6) is 0 Å². The Labute approximate surface area is 150 Å². The van der Waals surface area contributed by atoms with Crippen molar-refractivity contribution >= 4 is 22.6 Å². The second-order valence-electron chi connectivity index (χ2n) is 6.62. The summed E-state index contributed by atoms with van der Waals surface area (Å²) in [5, 5.41) is 0.989. The second-order valence-corrected chi connectivity index (χ2v) is 6.62. The molecule has 1 saturated heterocycles. The average Bonchev–Trinajstić information content (AvgIpc) is 3.36. The van der Waals surface area contributed by atoms with E-state index < -0.39 is 0 Å². The summed E-state index contributed by atoms with van der Waals surface area (Å²) in [5.74, 6) is 1.03. The Kier molecular flexibility index (Phi) is 3.41. The molecule has 26 heavy (non-hydrogen) atoms. The smallest absolute Gasteiger partial charge is 0.255 e. The Morgan fingerprint density at radius 3 is 2.92 bits per heavy atom. The van der Waals surface area contributed by atoms with Crippen molar-refractivity contribution in [3.8, 4) is 0 Å². The van der Waals surface area contributed by atoms with E-state index in [0.717, 1.165) is 29.6 Å². The maximum absolute atomic E-state index is 12.9. The van der Waals surface area contributed by atoms with Gasteiger partial charge in [0.1, 0.15) is 0 Å². The number of carbonyl (C=O) groups excluding carboxylic acids is 1. The van der Waals surface area contributed by atoms with Gasteiger partial charge in [-0.1, -0.05) is 18.2 Å². The molecule has 0 saturated carbocycles. The normalized spacial score (nSPS) is 17.2. The summed E-state index contributed by atoms with van der Waals surface area (Å²) in [6, 6.07) is 11.8. The summed E-state index contributed by atoms with van der Waals surface area (Å²) in [6.07, 6.45) is 8.08. The molecule has 1 atom stereocenters. The molecule has 1 aliphatic rings. The third-order valence-electron chi connectivity index (χ3n) is 5.07. The fourth-order valence-corrected chi connectivity index (χ4v) is 3.74. The van der Waals surface area contributed by atoms with Gasteiger partial charge in [-0.15, -0.1) is 0 Å². The molecule has 0 spiro atoms. The first kappa shape index (κ1) is 15.0. The summed E-state index contributed by atoms with van der Waals surface area (Å²) in [5.41, 5.74) is 2.70. The highest BCUT2D eigenvalue weighted by molar-refractivity contribution is 5.97. The lowest BCUT2D eigenvalue weighted by Crippen LogP contribution is -2.28. The highest BCUT2D eigenvalue weighted by atomic mass is 16.2. The lowest BCUT2D eigenvalue weighted by molar-refractivity contribution is 0.0790. The molecule has 0 aliphatic carbocycles. The van der Waals surface area contributed by atoms with Crippen LogP contribution >= 0.6 is 0 Å². The number of likely N-dealkylation sites (tertiary alicyclic amines) is 1.